The topological polar surface area (TPSA) is 74.0 Å². The second-order valence-corrected chi connectivity index (χ2v) is 8.75. The van der Waals surface area contributed by atoms with Gasteiger partial charge < -0.3 is 10.1 Å². The van der Waals surface area contributed by atoms with Crippen molar-refractivity contribution < 1.29 is 9.53 Å². The second kappa shape index (κ2) is 9.77. The Morgan fingerprint density at radius 3 is 2.62 bits per heavy atom. The highest BCUT2D eigenvalue weighted by Gasteiger charge is 2.14. The van der Waals surface area contributed by atoms with Crippen LogP contribution in [0.4, 0.5) is 5.82 Å². The Bertz CT molecular complexity index is 1250. The largest absolute Gasteiger partial charge is 0.471 e. The van der Waals surface area contributed by atoms with Crippen LogP contribution in [0, 0.1) is 6.92 Å². The lowest BCUT2D eigenvalue weighted by Crippen LogP contribution is -2.15. The van der Waals surface area contributed by atoms with E-state index in [-0.39, 0.29) is 18.3 Å². The first kappa shape index (κ1) is 22.4. The Morgan fingerprint density at radius 1 is 1.09 bits per heavy atom. The number of ether oxygens (including phenoxy) is 1. The second-order valence-electron chi connectivity index (χ2n) is 6.99. The van der Waals surface area contributed by atoms with E-state index < -0.39 is 0 Å². The molecule has 164 valence electrons. The van der Waals surface area contributed by atoms with E-state index in [1.54, 1.807) is 39.8 Å². The molecule has 1 amide bonds. The molecule has 0 fully saturated rings. The van der Waals surface area contributed by atoms with E-state index in [9.17, 15) is 4.79 Å². The minimum Gasteiger partial charge on any atom is -0.471 e. The summed E-state index contributed by atoms with van der Waals surface area (Å²) >= 11 is 15.6. The molecule has 0 saturated heterocycles. The summed E-state index contributed by atoms with van der Waals surface area (Å²) in [5.41, 5.74) is 2.02. The molecule has 0 saturated carbocycles. The van der Waals surface area contributed by atoms with Crippen molar-refractivity contribution in [2.45, 2.75) is 20.2 Å². The lowest BCUT2D eigenvalue weighted by Gasteiger charge is -2.07. The fourth-order valence-corrected chi connectivity index (χ4v) is 3.68. The van der Waals surface area contributed by atoms with Crippen molar-refractivity contribution in [1.29, 1.82) is 0 Å². The highest BCUT2D eigenvalue weighted by Crippen LogP contribution is 2.23. The van der Waals surface area contributed by atoms with E-state index >= 15 is 0 Å². The Hall–Kier alpha value is -2.81. The highest BCUT2D eigenvalue weighted by molar-refractivity contribution is 9.10. The van der Waals surface area contributed by atoms with Gasteiger partial charge in [-0.25, -0.2) is 4.68 Å². The van der Waals surface area contributed by atoms with Gasteiger partial charge in [-0.15, -0.1) is 0 Å². The molecule has 1 N–H and O–H groups in total. The number of carbonyl (C=O) groups is 1. The minimum atomic E-state index is -0.360. The summed E-state index contributed by atoms with van der Waals surface area (Å²) in [6.07, 6.45) is 1.68. The molecular formula is C22H18BrCl2N5O2. The molecule has 0 spiro atoms. The third-order valence-electron chi connectivity index (χ3n) is 4.61. The number of benzene rings is 2. The van der Waals surface area contributed by atoms with Crippen LogP contribution in [0.1, 0.15) is 21.7 Å². The van der Waals surface area contributed by atoms with Crippen LogP contribution in [-0.4, -0.2) is 25.5 Å². The average molecular weight is 535 g/mol. The first-order valence-corrected chi connectivity index (χ1v) is 11.1. The number of carbonyl (C=O) groups excluding carboxylic acids is 1. The van der Waals surface area contributed by atoms with Gasteiger partial charge in [0, 0.05) is 32.5 Å². The predicted molar refractivity (Wildman–Crippen MR) is 127 cm³/mol. The summed E-state index contributed by atoms with van der Waals surface area (Å²) in [7, 11) is 0. The quantitative estimate of drug-likeness (QED) is 0.325. The van der Waals surface area contributed by atoms with Gasteiger partial charge in [-0.2, -0.15) is 10.2 Å². The van der Waals surface area contributed by atoms with Gasteiger partial charge in [0.15, 0.2) is 18.2 Å². The van der Waals surface area contributed by atoms with Crippen molar-refractivity contribution in [2.24, 2.45) is 0 Å². The molecule has 0 aliphatic carbocycles. The predicted octanol–water partition coefficient (Wildman–Crippen LogP) is 5.79. The van der Waals surface area contributed by atoms with Crippen LogP contribution in [0.25, 0.3) is 0 Å². The number of aromatic nitrogens is 4. The molecule has 0 radical (unpaired) electrons. The molecule has 0 bridgehead atoms. The maximum absolute atomic E-state index is 12.6. The highest BCUT2D eigenvalue weighted by atomic mass is 79.9. The molecule has 0 atom stereocenters. The molecule has 0 aliphatic heterocycles. The molecule has 2 aromatic carbocycles. The van der Waals surface area contributed by atoms with E-state index in [0.717, 1.165) is 15.7 Å². The normalized spacial score (nSPS) is 10.9. The smallest absolute Gasteiger partial charge is 0.277 e. The van der Waals surface area contributed by atoms with Crippen LogP contribution in [0.3, 0.4) is 0 Å². The van der Waals surface area contributed by atoms with E-state index in [2.05, 4.69) is 31.4 Å². The maximum atomic E-state index is 12.6. The number of halogens is 3. The first-order valence-electron chi connectivity index (χ1n) is 9.59. The van der Waals surface area contributed by atoms with E-state index in [0.29, 0.717) is 28.2 Å². The van der Waals surface area contributed by atoms with Crippen LogP contribution >= 0.6 is 39.1 Å². The van der Waals surface area contributed by atoms with Crippen molar-refractivity contribution in [3.63, 3.8) is 0 Å². The Balaban J connectivity index is 1.38. The molecule has 0 aliphatic rings. The van der Waals surface area contributed by atoms with Crippen LogP contribution in [-0.2, 0) is 13.3 Å². The van der Waals surface area contributed by atoms with Gasteiger partial charge in [0.25, 0.3) is 5.91 Å². The number of nitrogens with zero attached hydrogens (tertiary/aromatic N) is 4. The third kappa shape index (κ3) is 5.51. The average Bonchev–Trinajstić information content (AvgIpc) is 3.36. The molecule has 32 heavy (non-hydrogen) atoms. The standard InChI is InChI=1S/C22H18BrCl2N5O2/c1-14-10-21(28-30(14)12-15-2-5-17(24)11-19(15)25)26-22(31)20-8-9-29(27-20)13-32-18-6-3-16(23)4-7-18/h2-11H,12-13H2,1H3,(H,26,28,31). The Labute approximate surface area is 203 Å². The van der Waals surface area contributed by atoms with Gasteiger partial charge in [-0.3, -0.25) is 9.48 Å². The zero-order chi connectivity index (χ0) is 22.7. The van der Waals surface area contributed by atoms with Crippen molar-refractivity contribution >= 4 is 50.9 Å². The summed E-state index contributed by atoms with van der Waals surface area (Å²) in [5.74, 6) is 0.774. The van der Waals surface area contributed by atoms with E-state index in [1.807, 2.05) is 37.3 Å². The Morgan fingerprint density at radius 2 is 1.88 bits per heavy atom. The fourth-order valence-electron chi connectivity index (χ4n) is 2.95. The summed E-state index contributed by atoms with van der Waals surface area (Å²) in [6, 6.07) is 16.2. The number of amides is 1. The SMILES string of the molecule is Cc1cc(NC(=O)c2ccn(COc3ccc(Br)cc3)n2)nn1Cc1ccc(Cl)cc1Cl. The molecule has 10 heteroatoms. The number of rotatable bonds is 7. The summed E-state index contributed by atoms with van der Waals surface area (Å²) in [4.78, 5) is 12.6. The number of hydrogen-bond donors (Lipinski definition) is 1. The van der Waals surface area contributed by atoms with Crippen molar-refractivity contribution in [1.82, 2.24) is 19.6 Å². The molecular weight excluding hydrogens is 517 g/mol. The fraction of sp³-hybridized carbons (Fsp3) is 0.136. The van der Waals surface area contributed by atoms with Gasteiger partial charge in [0.2, 0.25) is 0 Å². The molecule has 2 heterocycles. The van der Waals surface area contributed by atoms with Crippen LogP contribution in [0.15, 0.2) is 65.3 Å². The molecule has 0 unspecified atom stereocenters. The molecule has 4 aromatic rings. The lowest BCUT2D eigenvalue weighted by molar-refractivity contribution is 0.101. The van der Waals surface area contributed by atoms with Crippen molar-refractivity contribution in [2.75, 3.05) is 5.32 Å². The molecule has 7 nitrogen and oxygen atoms in total. The van der Waals surface area contributed by atoms with Gasteiger partial charge in [0.05, 0.1) is 6.54 Å². The Kier molecular flexibility index (Phi) is 6.83. The van der Waals surface area contributed by atoms with Crippen LogP contribution in [0.2, 0.25) is 10.0 Å². The van der Waals surface area contributed by atoms with Crippen molar-refractivity contribution in [3.8, 4) is 5.75 Å². The maximum Gasteiger partial charge on any atom is 0.277 e. The monoisotopic (exact) mass is 533 g/mol. The lowest BCUT2D eigenvalue weighted by atomic mass is 10.2. The number of anilines is 1. The van der Waals surface area contributed by atoms with Crippen molar-refractivity contribution in [3.05, 3.63) is 92.3 Å². The first-order chi connectivity index (χ1) is 15.4. The summed E-state index contributed by atoms with van der Waals surface area (Å²) < 4.78 is 9.94. The third-order valence-corrected chi connectivity index (χ3v) is 5.72. The number of hydrogen-bond acceptors (Lipinski definition) is 4. The summed E-state index contributed by atoms with van der Waals surface area (Å²) in [6.45, 7) is 2.55. The number of aryl methyl sites for hydroxylation is 1. The van der Waals surface area contributed by atoms with Gasteiger partial charge in [-0.1, -0.05) is 45.2 Å². The zero-order valence-corrected chi connectivity index (χ0v) is 20.0. The number of nitrogens with one attached hydrogen (secondary N) is 1. The minimum absolute atomic E-state index is 0.185. The van der Waals surface area contributed by atoms with E-state index in [4.69, 9.17) is 27.9 Å². The zero-order valence-electron chi connectivity index (χ0n) is 16.9. The molecule has 2 aromatic heterocycles. The van der Waals surface area contributed by atoms with Gasteiger partial charge in [-0.05, 0) is 55.0 Å². The van der Waals surface area contributed by atoms with Gasteiger partial charge >= 0.3 is 0 Å². The summed E-state index contributed by atoms with van der Waals surface area (Å²) in [5, 5.41) is 12.6. The van der Waals surface area contributed by atoms with Gasteiger partial charge in [0.1, 0.15) is 5.75 Å². The van der Waals surface area contributed by atoms with Crippen LogP contribution in [0.5, 0.6) is 5.75 Å². The van der Waals surface area contributed by atoms with E-state index in [1.165, 1.54) is 0 Å². The molecule has 4 rings (SSSR count). The van der Waals surface area contributed by atoms with Crippen LogP contribution < -0.4 is 10.1 Å².